The number of amides is 1. The minimum Gasteiger partial charge on any atom is -0.473 e. The van der Waals surface area contributed by atoms with Crippen LogP contribution in [0.2, 0.25) is 0 Å². The molecular formula is C12H19N5O2. The molecule has 1 atom stereocenters. The third-order valence-electron chi connectivity index (χ3n) is 2.94. The van der Waals surface area contributed by atoms with Crippen LogP contribution in [0.3, 0.4) is 0 Å². The number of hydrogen-bond acceptors (Lipinski definition) is 6. The lowest BCUT2D eigenvalue weighted by atomic mass is 10.2. The first-order valence-electron chi connectivity index (χ1n) is 6.32. The van der Waals surface area contributed by atoms with Gasteiger partial charge >= 0.3 is 0 Å². The molecule has 1 aromatic rings. The minimum atomic E-state index is -0.308. The zero-order valence-electron chi connectivity index (χ0n) is 11.4. The van der Waals surface area contributed by atoms with Crippen molar-refractivity contribution >= 4 is 17.4 Å². The SMILES string of the molecule is CC(C)Oc1ncnc(N2CCNC(=O)C2C)c1N. The van der Waals surface area contributed by atoms with Gasteiger partial charge in [0.2, 0.25) is 11.8 Å². The summed E-state index contributed by atoms with van der Waals surface area (Å²) in [5.74, 6) is 0.877. The maximum Gasteiger partial charge on any atom is 0.242 e. The van der Waals surface area contributed by atoms with E-state index in [1.165, 1.54) is 6.33 Å². The van der Waals surface area contributed by atoms with E-state index in [-0.39, 0.29) is 18.1 Å². The van der Waals surface area contributed by atoms with Gasteiger partial charge in [-0.1, -0.05) is 0 Å². The van der Waals surface area contributed by atoms with Crippen molar-refractivity contribution in [1.29, 1.82) is 0 Å². The number of nitrogen functional groups attached to an aromatic ring is 1. The first-order chi connectivity index (χ1) is 9.00. The lowest BCUT2D eigenvalue weighted by molar-refractivity contribution is -0.122. The van der Waals surface area contributed by atoms with Gasteiger partial charge in [-0.05, 0) is 20.8 Å². The number of aromatic nitrogens is 2. The number of nitrogens with one attached hydrogen (secondary N) is 1. The second kappa shape index (κ2) is 5.29. The molecule has 0 aliphatic carbocycles. The molecule has 104 valence electrons. The largest absolute Gasteiger partial charge is 0.473 e. The Morgan fingerprint density at radius 3 is 2.95 bits per heavy atom. The smallest absolute Gasteiger partial charge is 0.242 e. The fourth-order valence-electron chi connectivity index (χ4n) is 1.99. The Morgan fingerprint density at radius 1 is 1.53 bits per heavy atom. The van der Waals surface area contributed by atoms with Crippen molar-refractivity contribution < 1.29 is 9.53 Å². The van der Waals surface area contributed by atoms with Crippen LogP contribution in [0.5, 0.6) is 5.88 Å². The summed E-state index contributed by atoms with van der Waals surface area (Å²) in [6.07, 6.45) is 1.38. The van der Waals surface area contributed by atoms with Gasteiger partial charge in [0.05, 0.1) is 6.10 Å². The van der Waals surface area contributed by atoms with Crippen LogP contribution in [0.4, 0.5) is 11.5 Å². The summed E-state index contributed by atoms with van der Waals surface area (Å²) < 4.78 is 5.54. The Bertz CT molecular complexity index is 477. The van der Waals surface area contributed by atoms with E-state index in [2.05, 4.69) is 15.3 Å². The van der Waals surface area contributed by atoms with Gasteiger partial charge in [0.25, 0.3) is 0 Å². The van der Waals surface area contributed by atoms with Crippen molar-refractivity contribution in [2.75, 3.05) is 23.7 Å². The van der Waals surface area contributed by atoms with Crippen LogP contribution in [0.15, 0.2) is 6.33 Å². The van der Waals surface area contributed by atoms with Crippen molar-refractivity contribution in [2.24, 2.45) is 0 Å². The normalized spacial score (nSPS) is 19.5. The molecule has 1 unspecified atom stereocenters. The summed E-state index contributed by atoms with van der Waals surface area (Å²) in [6, 6.07) is -0.308. The quantitative estimate of drug-likeness (QED) is 0.809. The Labute approximate surface area is 112 Å². The highest BCUT2D eigenvalue weighted by Crippen LogP contribution is 2.30. The molecule has 7 heteroatoms. The van der Waals surface area contributed by atoms with Crippen LogP contribution in [-0.2, 0) is 4.79 Å². The average molecular weight is 265 g/mol. The number of carbonyl (C=O) groups is 1. The number of nitrogens with two attached hydrogens (primary N) is 1. The molecule has 1 saturated heterocycles. The van der Waals surface area contributed by atoms with Crippen molar-refractivity contribution in [1.82, 2.24) is 15.3 Å². The monoisotopic (exact) mass is 265 g/mol. The summed E-state index contributed by atoms with van der Waals surface area (Å²) in [7, 11) is 0. The van der Waals surface area contributed by atoms with Gasteiger partial charge in [0.1, 0.15) is 18.1 Å². The van der Waals surface area contributed by atoms with Gasteiger partial charge in [-0.3, -0.25) is 4.79 Å². The number of nitrogens with zero attached hydrogens (tertiary/aromatic N) is 3. The van der Waals surface area contributed by atoms with E-state index in [9.17, 15) is 4.79 Å². The van der Waals surface area contributed by atoms with Gasteiger partial charge in [-0.25, -0.2) is 4.98 Å². The number of anilines is 2. The van der Waals surface area contributed by atoms with Crippen LogP contribution in [0.25, 0.3) is 0 Å². The summed E-state index contributed by atoms with van der Waals surface area (Å²) in [4.78, 5) is 21.8. The van der Waals surface area contributed by atoms with Crippen LogP contribution in [0.1, 0.15) is 20.8 Å². The number of ether oxygens (including phenoxy) is 1. The summed E-state index contributed by atoms with van der Waals surface area (Å²) in [5, 5.41) is 2.80. The lowest BCUT2D eigenvalue weighted by Gasteiger charge is -2.34. The summed E-state index contributed by atoms with van der Waals surface area (Å²) in [6.45, 7) is 6.86. The highest BCUT2D eigenvalue weighted by atomic mass is 16.5. The number of piperazine rings is 1. The predicted octanol–water partition coefficient (Wildman–Crippen LogP) is 0.171. The molecule has 2 heterocycles. The van der Waals surface area contributed by atoms with Crippen LogP contribution in [0, 0.1) is 0 Å². The van der Waals surface area contributed by atoms with Crippen LogP contribution >= 0.6 is 0 Å². The third kappa shape index (κ3) is 2.69. The molecule has 0 radical (unpaired) electrons. The Hall–Kier alpha value is -2.05. The highest BCUT2D eigenvalue weighted by molar-refractivity contribution is 5.87. The highest BCUT2D eigenvalue weighted by Gasteiger charge is 2.28. The van der Waals surface area contributed by atoms with E-state index < -0.39 is 0 Å². The molecule has 1 aromatic heterocycles. The molecule has 0 spiro atoms. The van der Waals surface area contributed by atoms with Crippen molar-refractivity contribution in [2.45, 2.75) is 32.9 Å². The zero-order chi connectivity index (χ0) is 14.0. The predicted molar refractivity (Wildman–Crippen MR) is 72.0 cm³/mol. The lowest BCUT2D eigenvalue weighted by Crippen LogP contribution is -2.54. The summed E-state index contributed by atoms with van der Waals surface area (Å²) in [5.41, 5.74) is 6.42. The van der Waals surface area contributed by atoms with Crippen LogP contribution < -0.4 is 20.7 Å². The zero-order valence-corrected chi connectivity index (χ0v) is 11.4. The molecule has 1 aliphatic rings. The Balaban J connectivity index is 2.31. The minimum absolute atomic E-state index is 0.0212. The maximum absolute atomic E-state index is 11.7. The van der Waals surface area contributed by atoms with Gasteiger partial charge in [0, 0.05) is 13.1 Å². The third-order valence-corrected chi connectivity index (χ3v) is 2.94. The van der Waals surface area contributed by atoms with E-state index in [1.807, 2.05) is 25.7 Å². The average Bonchev–Trinajstić information content (AvgIpc) is 2.35. The molecule has 1 amide bonds. The standard InChI is InChI=1S/C12H19N5O2/c1-7(2)19-12-9(13)10(15-6-16-12)17-5-4-14-11(18)8(17)3/h6-8H,4-5,13H2,1-3H3,(H,14,18). The first-order valence-corrected chi connectivity index (χ1v) is 6.32. The molecule has 1 aliphatic heterocycles. The van der Waals surface area contributed by atoms with Gasteiger partial charge < -0.3 is 20.7 Å². The number of rotatable bonds is 3. The molecule has 19 heavy (non-hydrogen) atoms. The topological polar surface area (TPSA) is 93.4 Å². The molecule has 0 aromatic carbocycles. The van der Waals surface area contributed by atoms with E-state index in [1.54, 1.807) is 0 Å². The number of carbonyl (C=O) groups excluding carboxylic acids is 1. The Morgan fingerprint density at radius 2 is 2.26 bits per heavy atom. The maximum atomic E-state index is 11.7. The molecule has 1 fully saturated rings. The van der Waals surface area contributed by atoms with E-state index in [4.69, 9.17) is 10.5 Å². The molecule has 0 saturated carbocycles. The van der Waals surface area contributed by atoms with Gasteiger partial charge in [-0.2, -0.15) is 4.98 Å². The second-order valence-electron chi connectivity index (χ2n) is 4.74. The second-order valence-corrected chi connectivity index (χ2v) is 4.74. The van der Waals surface area contributed by atoms with E-state index in [0.717, 1.165) is 0 Å². The summed E-state index contributed by atoms with van der Waals surface area (Å²) >= 11 is 0. The molecule has 0 bridgehead atoms. The fourth-order valence-corrected chi connectivity index (χ4v) is 1.99. The van der Waals surface area contributed by atoms with Crippen molar-refractivity contribution in [3.8, 4) is 5.88 Å². The van der Waals surface area contributed by atoms with E-state index in [0.29, 0.717) is 30.5 Å². The van der Waals surface area contributed by atoms with Crippen molar-refractivity contribution in [3.05, 3.63) is 6.33 Å². The van der Waals surface area contributed by atoms with Crippen molar-refractivity contribution in [3.63, 3.8) is 0 Å². The molecular weight excluding hydrogens is 246 g/mol. The molecule has 7 nitrogen and oxygen atoms in total. The van der Waals surface area contributed by atoms with E-state index >= 15 is 0 Å². The van der Waals surface area contributed by atoms with Gasteiger partial charge in [-0.15, -0.1) is 0 Å². The molecule has 3 N–H and O–H groups in total. The Kier molecular flexibility index (Phi) is 3.73. The molecule has 2 rings (SSSR count). The fraction of sp³-hybridized carbons (Fsp3) is 0.583. The first kappa shape index (κ1) is 13.4. The number of hydrogen-bond donors (Lipinski definition) is 2. The van der Waals surface area contributed by atoms with Gasteiger partial charge in [0.15, 0.2) is 5.82 Å². The van der Waals surface area contributed by atoms with Crippen LogP contribution in [-0.4, -0.2) is 41.1 Å².